The van der Waals surface area contributed by atoms with E-state index in [0.717, 1.165) is 16.7 Å². The zero-order valence-electron chi connectivity index (χ0n) is 16.8. The second-order valence-corrected chi connectivity index (χ2v) is 6.88. The first kappa shape index (κ1) is 20.6. The number of rotatable bonds is 9. The van der Waals surface area contributed by atoms with Gasteiger partial charge in [0.15, 0.2) is 5.54 Å². The van der Waals surface area contributed by atoms with E-state index in [0.29, 0.717) is 19.7 Å². The monoisotopic (exact) mass is 385 g/mol. The smallest absolute Gasteiger partial charge is 0.335 e. The highest BCUT2D eigenvalue weighted by Crippen LogP contribution is 2.34. The molecule has 0 aliphatic rings. The van der Waals surface area contributed by atoms with Gasteiger partial charge in [-0.25, -0.2) is 4.79 Å². The molecule has 0 aromatic heterocycles. The van der Waals surface area contributed by atoms with E-state index < -0.39 is 5.54 Å². The fraction of sp³-hybridized carbons (Fsp3) is 0.192. The first-order valence-electron chi connectivity index (χ1n) is 9.90. The van der Waals surface area contributed by atoms with Crippen LogP contribution < -0.4 is 0 Å². The molecule has 3 aromatic carbocycles. The highest BCUT2D eigenvalue weighted by molar-refractivity contribution is 5.85. The van der Waals surface area contributed by atoms with E-state index >= 15 is 0 Å². The molecule has 0 saturated carbocycles. The van der Waals surface area contributed by atoms with Crippen LogP contribution >= 0.6 is 0 Å². The predicted octanol–water partition coefficient (Wildman–Crippen LogP) is 5.33. The summed E-state index contributed by atoms with van der Waals surface area (Å²) in [5.41, 5.74) is 1.99. The van der Waals surface area contributed by atoms with Gasteiger partial charge in [0.05, 0.1) is 6.61 Å². The summed E-state index contributed by atoms with van der Waals surface area (Å²) in [5.74, 6) is -0.312. The molecule has 29 heavy (non-hydrogen) atoms. The number of carbonyl (C=O) groups excluding carboxylic acids is 1. The summed E-state index contributed by atoms with van der Waals surface area (Å²) >= 11 is 0. The van der Waals surface area contributed by atoms with Gasteiger partial charge in [-0.3, -0.25) is 4.90 Å². The number of esters is 1. The molecular formula is C26H27NO2. The molecule has 3 aromatic rings. The lowest BCUT2D eigenvalue weighted by atomic mass is 9.86. The normalized spacial score (nSPS) is 12.9. The zero-order valence-corrected chi connectivity index (χ0v) is 16.8. The van der Waals surface area contributed by atoms with Crippen molar-refractivity contribution in [2.45, 2.75) is 25.6 Å². The average Bonchev–Trinajstić information content (AvgIpc) is 2.77. The van der Waals surface area contributed by atoms with Crippen LogP contribution in [-0.2, 0) is 28.2 Å². The number of benzene rings is 3. The molecule has 3 rings (SSSR count). The van der Waals surface area contributed by atoms with Crippen LogP contribution in [0, 0.1) is 0 Å². The Kier molecular flexibility index (Phi) is 6.99. The van der Waals surface area contributed by atoms with E-state index in [9.17, 15) is 4.79 Å². The van der Waals surface area contributed by atoms with Crippen LogP contribution in [0.3, 0.4) is 0 Å². The Bertz CT molecular complexity index is 868. The summed E-state index contributed by atoms with van der Waals surface area (Å²) in [7, 11) is 0. The third kappa shape index (κ3) is 4.64. The number of nitrogens with zero attached hydrogens (tertiary/aromatic N) is 1. The van der Waals surface area contributed by atoms with Crippen molar-refractivity contribution >= 4 is 5.97 Å². The Hall–Kier alpha value is -3.17. The molecule has 0 aliphatic carbocycles. The number of carbonyl (C=O) groups is 1. The highest BCUT2D eigenvalue weighted by Gasteiger charge is 2.44. The first-order valence-corrected chi connectivity index (χ1v) is 9.90. The van der Waals surface area contributed by atoms with Crippen LogP contribution in [0.2, 0.25) is 0 Å². The van der Waals surface area contributed by atoms with Gasteiger partial charge in [0.1, 0.15) is 0 Å². The molecule has 0 heterocycles. The zero-order chi connectivity index (χ0) is 20.5. The van der Waals surface area contributed by atoms with Crippen molar-refractivity contribution in [2.75, 3.05) is 6.61 Å². The van der Waals surface area contributed by atoms with Crippen LogP contribution in [0.4, 0.5) is 0 Å². The van der Waals surface area contributed by atoms with E-state index in [1.807, 2.05) is 73.7 Å². The topological polar surface area (TPSA) is 29.5 Å². The Labute approximate surface area is 173 Å². The molecule has 3 heteroatoms. The molecule has 1 atom stereocenters. The lowest BCUT2D eigenvalue weighted by Crippen LogP contribution is -2.50. The van der Waals surface area contributed by atoms with E-state index in [4.69, 9.17) is 4.74 Å². The van der Waals surface area contributed by atoms with Gasteiger partial charge in [0.2, 0.25) is 0 Å². The molecule has 3 nitrogen and oxygen atoms in total. The lowest BCUT2D eigenvalue weighted by molar-refractivity contribution is -0.156. The molecule has 0 N–H and O–H groups in total. The molecule has 0 aliphatic heterocycles. The Balaban J connectivity index is 2.12. The maximum absolute atomic E-state index is 13.4. The molecule has 0 saturated heterocycles. The standard InChI is InChI=1S/C26H27NO2/c1-3-26(25(28)29-4-2,24-18-12-7-13-19-24)27(20-22-14-8-5-9-15-22)21-23-16-10-6-11-17-23/h3,5-19H,1,4,20-21H2,2H3. The van der Waals surface area contributed by atoms with Crippen LogP contribution in [0.1, 0.15) is 23.6 Å². The molecule has 0 radical (unpaired) electrons. The van der Waals surface area contributed by atoms with Crippen LogP contribution in [0.15, 0.2) is 104 Å². The molecule has 0 fully saturated rings. The van der Waals surface area contributed by atoms with Crippen molar-refractivity contribution in [3.05, 3.63) is 120 Å². The van der Waals surface area contributed by atoms with Crippen molar-refractivity contribution in [3.8, 4) is 0 Å². The fourth-order valence-electron chi connectivity index (χ4n) is 3.61. The van der Waals surface area contributed by atoms with Gasteiger partial charge in [-0.15, -0.1) is 6.58 Å². The third-order valence-electron chi connectivity index (χ3n) is 5.03. The largest absolute Gasteiger partial charge is 0.464 e. The van der Waals surface area contributed by atoms with Crippen LogP contribution in [-0.4, -0.2) is 17.5 Å². The maximum Gasteiger partial charge on any atom is 0.335 e. The number of hydrogen-bond donors (Lipinski definition) is 0. The molecule has 1 unspecified atom stereocenters. The van der Waals surface area contributed by atoms with E-state index in [2.05, 4.69) is 35.7 Å². The number of hydrogen-bond acceptors (Lipinski definition) is 3. The van der Waals surface area contributed by atoms with E-state index in [1.54, 1.807) is 6.08 Å². The molecule has 148 valence electrons. The second kappa shape index (κ2) is 9.85. The Morgan fingerprint density at radius 2 is 1.31 bits per heavy atom. The van der Waals surface area contributed by atoms with E-state index in [-0.39, 0.29) is 5.97 Å². The summed E-state index contributed by atoms with van der Waals surface area (Å²) in [6.07, 6.45) is 1.71. The van der Waals surface area contributed by atoms with Gasteiger partial charge in [0, 0.05) is 13.1 Å². The van der Waals surface area contributed by atoms with Gasteiger partial charge in [0.25, 0.3) is 0 Å². The first-order chi connectivity index (χ1) is 14.2. The average molecular weight is 386 g/mol. The summed E-state index contributed by atoms with van der Waals surface area (Å²) in [5, 5.41) is 0. The van der Waals surface area contributed by atoms with Gasteiger partial charge in [-0.05, 0) is 23.6 Å². The van der Waals surface area contributed by atoms with Crippen molar-refractivity contribution in [1.29, 1.82) is 0 Å². The van der Waals surface area contributed by atoms with Gasteiger partial charge in [-0.2, -0.15) is 0 Å². The Morgan fingerprint density at radius 3 is 1.72 bits per heavy atom. The molecule has 0 spiro atoms. The summed E-state index contributed by atoms with van der Waals surface area (Å²) in [4.78, 5) is 15.5. The summed E-state index contributed by atoms with van der Waals surface area (Å²) < 4.78 is 5.56. The van der Waals surface area contributed by atoms with Crippen molar-refractivity contribution in [2.24, 2.45) is 0 Å². The van der Waals surface area contributed by atoms with Crippen molar-refractivity contribution in [1.82, 2.24) is 4.90 Å². The fourth-order valence-corrected chi connectivity index (χ4v) is 3.61. The lowest BCUT2D eigenvalue weighted by Gasteiger charge is -2.40. The molecular weight excluding hydrogens is 358 g/mol. The van der Waals surface area contributed by atoms with Gasteiger partial charge in [-0.1, -0.05) is 97.1 Å². The van der Waals surface area contributed by atoms with Gasteiger partial charge >= 0.3 is 5.97 Å². The second-order valence-electron chi connectivity index (χ2n) is 6.88. The minimum atomic E-state index is -1.09. The van der Waals surface area contributed by atoms with Crippen molar-refractivity contribution < 1.29 is 9.53 Å². The van der Waals surface area contributed by atoms with Gasteiger partial charge < -0.3 is 4.74 Å². The maximum atomic E-state index is 13.4. The molecule has 0 amide bonds. The minimum absolute atomic E-state index is 0.311. The summed E-state index contributed by atoms with van der Waals surface area (Å²) in [6.45, 7) is 7.37. The number of ether oxygens (including phenoxy) is 1. The quantitative estimate of drug-likeness (QED) is 0.368. The highest BCUT2D eigenvalue weighted by atomic mass is 16.5. The Morgan fingerprint density at radius 1 is 0.862 bits per heavy atom. The molecule has 0 bridgehead atoms. The minimum Gasteiger partial charge on any atom is -0.464 e. The van der Waals surface area contributed by atoms with Crippen LogP contribution in [0.5, 0.6) is 0 Å². The predicted molar refractivity (Wildman–Crippen MR) is 117 cm³/mol. The van der Waals surface area contributed by atoms with E-state index in [1.165, 1.54) is 0 Å². The van der Waals surface area contributed by atoms with Crippen molar-refractivity contribution in [3.63, 3.8) is 0 Å². The van der Waals surface area contributed by atoms with Crippen LogP contribution in [0.25, 0.3) is 0 Å². The SMILES string of the molecule is C=CC(C(=O)OCC)(c1ccccc1)N(Cc1ccccc1)Cc1ccccc1. The third-order valence-corrected chi connectivity index (χ3v) is 5.03. The summed E-state index contributed by atoms with van der Waals surface area (Å²) in [6, 6.07) is 30.1.